The van der Waals surface area contributed by atoms with E-state index >= 15 is 0 Å². The third-order valence-electron chi connectivity index (χ3n) is 9.33. The molecule has 4 aromatic rings. The summed E-state index contributed by atoms with van der Waals surface area (Å²) >= 11 is 1.01. The van der Waals surface area contributed by atoms with Crippen LogP contribution in [0, 0.1) is 0 Å². The van der Waals surface area contributed by atoms with Gasteiger partial charge in [-0.3, -0.25) is 9.59 Å². The summed E-state index contributed by atoms with van der Waals surface area (Å²) in [6, 6.07) is 22.4. The highest BCUT2D eigenvalue weighted by Crippen LogP contribution is 2.28. The highest BCUT2D eigenvalue weighted by molar-refractivity contribution is 7.16. The molecule has 1 aromatic heterocycles. The standard InChI is InChI=1S/C38H46N4O7S/c43-32-18-17-30(35-34(32)39-36(45)50-35)20-23-41(38(48)49-27-29-13-7-4-8-14-29)25-26-42(31-15-9-1-2-10-16-31)33(44)21-24-40(37(46)47)22-19-28-11-5-3-6-12-28/h3-8,11-14,17-18,31,43H,1-2,9-10,15-16,19-27H2,(H,39,45)(H,46,47). The molecule has 12 heteroatoms. The maximum atomic E-state index is 13.9. The van der Waals surface area contributed by atoms with Crippen molar-refractivity contribution in [3.63, 3.8) is 0 Å². The van der Waals surface area contributed by atoms with Crippen LogP contribution in [0.2, 0.25) is 0 Å². The summed E-state index contributed by atoms with van der Waals surface area (Å²) in [6.45, 7) is 1.23. The molecule has 5 rings (SSSR count). The van der Waals surface area contributed by atoms with Gasteiger partial charge in [0.2, 0.25) is 5.91 Å². The molecule has 1 aliphatic rings. The summed E-state index contributed by atoms with van der Waals surface area (Å²) in [5, 5.41) is 20.2. The fraction of sp³-hybridized carbons (Fsp3) is 0.421. The molecule has 1 saturated carbocycles. The molecule has 266 valence electrons. The third-order valence-corrected chi connectivity index (χ3v) is 10.3. The molecule has 3 aromatic carbocycles. The van der Waals surface area contributed by atoms with E-state index in [4.69, 9.17) is 4.74 Å². The van der Waals surface area contributed by atoms with Crippen molar-refractivity contribution in [1.82, 2.24) is 19.7 Å². The number of H-pyrrole nitrogens is 1. The molecule has 0 saturated heterocycles. The molecule has 0 spiro atoms. The Morgan fingerprint density at radius 1 is 0.780 bits per heavy atom. The molecule has 1 aliphatic carbocycles. The van der Waals surface area contributed by atoms with Crippen molar-refractivity contribution in [3.8, 4) is 5.75 Å². The van der Waals surface area contributed by atoms with Crippen molar-refractivity contribution in [2.24, 2.45) is 0 Å². The highest BCUT2D eigenvalue weighted by atomic mass is 32.1. The van der Waals surface area contributed by atoms with Crippen molar-refractivity contribution >= 4 is 39.6 Å². The van der Waals surface area contributed by atoms with Crippen molar-refractivity contribution in [2.45, 2.75) is 70.4 Å². The minimum Gasteiger partial charge on any atom is -0.506 e. The van der Waals surface area contributed by atoms with Crippen LogP contribution < -0.4 is 4.87 Å². The predicted octanol–water partition coefficient (Wildman–Crippen LogP) is 6.64. The minimum absolute atomic E-state index is 0.00337. The number of aromatic nitrogens is 1. The lowest BCUT2D eigenvalue weighted by Crippen LogP contribution is -2.47. The van der Waals surface area contributed by atoms with E-state index in [0.717, 1.165) is 66.6 Å². The van der Waals surface area contributed by atoms with E-state index in [2.05, 4.69) is 4.98 Å². The second kappa shape index (κ2) is 18.2. The zero-order valence-corrected chi connectivity index (χ0v) is 29.1. The number of hydrogen-bond acceptors (Lipinski definition) is 7. The Bertz CT molecular complexity index is 1750. The molecule has 1 heterocycles. The zero-order chi connectivity index (χ0) is 35.3. The Labute approximate surface area is 296 Å². The summed E-state index contributed by atoms with van der Waals surface area (Å²) in [5.74, 6) is -0.141. The van der Waals surface area contributed by atoms with Gasteiger partial charge in [-0.05, 0) is 48.4 Å². The van der Waals surface area contributed by atoms with Crippen LogP contribution in [0.15, 0.2) is 77.6 Å². The molecule has 0 atom stereocenters. The maximum Gasteiger partial charge on any atom is 0.410 e. The van der Waals surface area contributed by atoms with Crippen LogP contribution in [0.4, 0.5) is 9.59 Å². The number of nitrogens with one attached hydrogen (secondary N) is 1. The summed E-state index contributed by atoms with van der Waals surface area (Å²) in [5.41, 5.74) is 3.06. The zero-order valence-electron chi connectivity index (χ0n) is 28.3. The number of nitrogens with zero attached hydrogens (tertiary/aromatic N) is 3. The van der Waals surface area contributed by atoms with Crippen LogP contribution in [0.1, 0.15) is 61.6 Å². The van der Waals surface area contributed by atoms with Gasteiger partial charge < -0.3 is 34.6 Å². The first-order valence-electron chi connectivity index (χ1n) is 17.4. The van der Waals surface area contributed by atoms with Crippen LogP contribution in [-0.2, 0) is 29.0 Å². The molecule has 1 fully saturated rings. The fourth-order valence-corrected chi connectivity index (χ4v) is 7.42. The smallest absolute Gasteiger partial charge is 0.410 e. The van der Waals surface area contributed by atoms with E-state index in [9.17, 15) is 29.4 Å². The predicted molar refractivity (Wildman–Crippen MR) is 194 cm³/mol. The average molecular weight is 703 g/mol. The SMILES string of the molecule is O=C(O)N(CCC(=O)N(CCN(CCc1ccc(O)c2[nH]c(=O)sc12)C(=O)OCc1ccccc1)C1CCCCCC1)CCc1ccccc1. The number of hydrogen-bond donors (Lipinski definition) is 3. The van der Waals surface area contributed by atoms with E-state index in [-0.39, 0.29) is 68.3 Å². The van der Waals surface area contributed by atoms with Gasteiger partial charge in [-0.25, -0.2) is 9.59 Å². The Morgan fingerprint density at radius 2 is 1.44 bits per heavy atom. The molecule has 0 bridgehead atoms. The molecule has 3 amide bonds. The Morgan fingerprint density at radius 3 is 2.12 bits per heavy atom. The van der Waals surface area contributed by atoms with Crippen molar-refractivity contribution in [3.05, 3.63) is 99.2 Å². The first-order valence-corrected chi connectivity index (χ1v) is 18.2. The van der Waals surface area contributed by atoms with Crippen molar-refractivity contribution in [2.75, 3.05) is 32.7 Å². The number of phenolic OH excluding ortho intramolecular Hbond substituents is 1. The Hall–Kier alpha value is -4.84. The Kier molecular flexibility index (Phi) is 13.3. The molecule has 0 radical (unpaired) electrons. The van der Waals surface area contributed by atoms with Crippen LogP contribution in [0.25, 0.3) is 10.2 Å². The lowest BCUT2D eigenvalue weighted by Gasteiger charge is -2.34. The summed E-state index contributed by atoms with van der Waals surface area (Å²) in [4.78, 5) is 58.9. The van der Waals surface area contributed by atoms with Crippen LogP contribution >= 0.6 is 11.3 Å². The largest absolute Gasteiger partial charge is 0.506 e. The highest BCUT2D eigenvalue weighted by Gasteiger charge is 2.27. The number of aromatic amines is 1. The number of carboxylic acid groups (broad SMARTS) is 1. The molecule has 0 aliphatic heterocycles. The first kappa shape index (κ1) is 36.4. The number of benzene rings is 3. The number of ether oxygens (including phenoxy) is 1. The quantitative estimate of drug-likeness (QED) is 0.118. The van der Waals surface area contributed by atoms with Gasteiger partial charge in [0.05, 0.1) is 4.70 Å². The number of carbonyl (C=O) groups excluding carboxylic acids is 2. The summed E-state index contributed by atoms with van der Waals surface area (Å²) in [6.07, 6.45) is 5.38. The molecule has 11 nitrogen and oxygen atoms in total. The molecular weight excluding hydrogens is 657 g/mol. The molecule has 0 unspecified atom stereocenters. The number of fused-ring (bicyclic) bond motifs is 1. The fourth-order valence-electron chi connectivity index (χ4n) is 6.53. The monoisotopic (exact) mass is 702 g/mol. The van der Waals surface area contributed by atoms with Gasteiger partial charge >= 0.3 is 17.1 Å². The van der Waals surface area contributed by atoms with Crippen LogP contribution in [0.3, 0.4) is 0 Å². The number of aromatic hydroxyl groups is 1. The molecule has 3 N–H and O–H groups in total. The van der Waals surface area contributed by atoms with Crippen molar-refractivity contribution < 1.29 is 29.3 Å². The second-order valence-electron chi connectivity index (χ2n) is 12.7. The number of rotatable bonds is 15. The van der Waals surface area contributed by atoms with E-state index in [1.165, 1.54) is 11.0 Å². The van der Waals surface area contributed by atoms with Gasteiger partial charge in [0.25, 0.3) is 0 Å². The maximum absolute atomic E-state index is 13.9. The normalized spacial score (nSPS) is 13.4. The van der Waals surface area contributed by atoms with E-state index in [0.29, 0.717) is 23.1 Å². The number of thiazole rings is 1. The summed E-state index contributed by atoms with van der Waals surface area (Å²) < 4.78 is 6.37. The van der Waals surface area contributed by atoms with E-state index < -0.39 is 12.2 Å². The number of phenols is 1. The second-order valence-corrected chi connectivity index (χ2v) is 13.7. The molecular formula is C38H46N4O7S. The molecule has 50 heavy (non-hydrogen) atoms. The lowest BCUT2D eigenvalue weighted by atomic mass is 10.1. The minimum atomic E-state index is -1.06. The average Bonchev–Trinajstić information content (AvgIpc) is 3.33. The Balaban J connectivity index is 1.29. The van der Waals surface area contributed by atoms with Gasteiger partial charge in [-0.1, -0.05) is 104 Å². The van der Waals surface area contributed by atoms with Gasteiger partial charge in [0.1, 0.15) is 17.9 Å². The van der Waals surface area contributed by atoms with E-state index in [1.807, 2.05) is 65.6 Å². The van der Waals surface area contributed by atoms with Gasteiger partial charge in [-0.2, -0.15) is 0 Å². The number of carbonyl (C=O) groups is 3. The van der Waals surface area contributed by atoms with Crippen molar-refractivity contribution in [1.29, 1.82) is 0 Å². The van der Waals surface area contributed by atoms with Gasteiger partial charge in [0.15, 0.2) is 0 Å². The van der Waals surface area contributed by atoms with E-state index in [1.54, 1.807) is 11.0 Å². The van der Waals surface area contributed by atoms with Gasteiger partial charge in [0, 0.05) is 45.2 Å². The van der Waals surface area contributed by atoms with Crippen LogP contribution in [-0.4, -0.2) is 86.8 Å². The van der Waals surface area contributed by atoms with Crippen LogP contribution in [0.5, 0.6) is 5.75 Å². The summed E-state index contributed by atoms with van der Waals surface area (Å²) in [7, 11) is 0. The topological polar surface area (TPSA) is 143 Å². The lowest BCUT2D eigenvalue weighted by molar-refractivity contribution is -0.134. The third kappa shape index (κ3) is 10.3. The first-order chi connectivity index (χ1) is 24.3. The van der Waals surface area contributed by atoms with Gasteiger partial charge in [-0.15, -0.1) is 0 Å². The number of amides is 3.